The van der Waals surface area contributed by atoms with Crippen LogP contribution in [0.25, 0.3) is 0 Å². The Morgan fingerprint density at radius 2 is 1.08 bits per heavy atom. The SMILES string of the molecule is FC(F)(F)C1CCCN(C(=S)SSC(=S)N2CCCC(C(F)(F)F)C2)C1. The second-order valence-electron chi connectivity index (χ2n) is 6.35. The van der Waals surface area contributed by atoms with Crippen LogP contribution in [0.1, 0.15) is 25.7 Å². The van der Waals surface area contributed by atoms with E-state index in [1.807, 2.05) is 0 Å². The Kier molecular flexibility index (Phi) is 7.77. The fraction of sp³-hybridized carbons (Fsp3) is 0.857. The second-order valence-corrected chi connectivity index (χ2v) is 9.75. The van der Waals surface area contributed by atoms with Crippen molar-refractivity contribution < 1.29 is 26.3 Å². The number of thiocarbonyl (C=S) groups is 2. The maximum absolute atomic E-state index is 12.9. The van der Waals surface area contributed by atoms with Crippen LogP contribution in [-0.2, 0) is 0 Å². The van der Waals surface area contributed by atoms with E-state index in [4.69, 9.17) is 24.4 Å². The van der Waals surface area contributed by atoms with Crippen molar-refractivity contribution in [1.29, 1.82) is 0 Å². The van der Waals surface area contributed by atoms with Gasteiger partial charge in [0.2, 0.25) is 0 Å². The predicted molar refractivity (Wildman–Crippen MR) is 101 cm³/mol. The van der Waals surface area contributed by atoms with Crippen LogP contribution in [0, 0.1) is 11.8 Å². The van der Waals surface area contributed by atoms with E-state index in [2.05, 4.69) is 0 Å². The van der Waals surface area contributed by atoms with Crippen molar-refractivity contribution in [3.05, 3.63) is 0 Å². The average molecular weight is 457 g/mol. The molecule has 0 aromatic carbocycles. The summed E-state index contributed by atoms with van der Waals surface area (Å²) in [4.78, 5) is 3.01. The first kappa shape index (κ1) is 22.4. The molecule has 2 heterocycles. The number of hydrogen-bond donors (Lipinski definition) is 0. The third-order valence-corrected chi connectivity index (χ3v) is 8.20. The smallest absolute Gasteiger partial charge is 0.356 e. The van der Waals surface area contributed by atoms with Gasteiger partial charge in [-0.2, -0.15) is 26.3 Å². The number of hydrogen-bond acceptors (Lipinski definition) is 4. The zero-order valence-electron chi connectivity index (χ0n) is 13.6. The predicted octanol–water partition coefficient (Wildman–Crippen LogP) is 5.49. The molecule has 12 heteroatoms. The third kappa shape index (κ3) is 6.30. The van der Waals surface area contributed by atoms with Gasteiger partial charge in [0.05, 0.1) is 11.8 Å². The average Bonchev–Trinajstić information content (AvgIpc) is 2.58. The molecule has 0 spiro atoms. The van der Waals surface area contributed by atoms with Crippen LogP contribution in [0.2, 0.25) is 0 Å². The molecule has 0 bridgehead atoms. The molecule has 0 aromatic heterocycles. The molecule has 2 nitrogen and oxygen atoms in total. The molecule has 0 aromatic rings. The minimum absolute atomic E-state index is 0.0887. The van der Waals surface area contributed by atoms with Crippen molar-refractivity contribution in [2.45, 2.75) is 38.0 Å². The highest BCUT2D eigenvalue weighted by Gasteiger charge is 2.43. The van der Waals surface area contributed by atoms with Crippen molar-refractivity contribution in [1.82, 2.24) is 9.80 Å². The van der Waals surface area contributed by atoms with Gasteiger partial charge in [0.1, 0.15) is 8.64 Å². The lowest BCUT2D eigenvalue weighted by molar-refractivity contribution is -0.183. The number of rotatable bonds is 0. The maximum atomic E-state index is 12.9. The van der Waals surface area contributed by atoms with E-state index in [0.717, 1.165) is 21.6 Å². The van der Waals surface area contributed by atoms with Crippen LogP contribution in [0.3, 0.4) is 0 Å². The normalized spacial score (nSPS) is 25.3. The standard InChI is InChI=1S/C14H18F6N2S4/c15-13(16,17)9-3-1-5-21(7-9)11(23)25-26-12(24)22-6-2-4-10(8-22)14(18,19)20/h9-10H,1-8H2. The molecule has 26 heavy (non-hydrogen) atoms. The number of piperidine rings is 2. The van der Waals surface area contributed by atoms with Crippen molar-refractivity contribution >= 4 is 54.7 Å². The quantitative estimate of drug-likeness (QED) is 0.268. The zero-order chi connectivity index (χ0) is 19.5. The molecular weight excluding hydrogens is 438 g/mol. The molecule has 2 rings (SSSR count). The lowest BCUT2D eigenvalue weighted by Crippen LogP contribution is -2.44. The van der Waals surface area contributed by atoms with E-state index in [1.165, 1.54) is 9.80 Å². The molecule has 2 unspecified atom stereocenters. The molecule has 0 amide bonds. The highest BCUT2D eigenvalue weighted by atomic mass is 33.1. The fourth-order valence-corrected chi connectivity index (χ4v) is 5.69. The molecule has 150 valence electrons. The molecule has 0 radical (unpaired) electrons. The number of likely N-dealkylation sites (tertiary alicyclic amines) is 2. The fourth-order valence-electron chi connectivity index (χ4n) is 3.00. The Morgan fingerprint density at radius 1 is 0.731 bits per heavy atom. The molecule has 0 N–H and O–H groups in total. The van der Waals surface area contributed by atoms with E-state index >= 15 is 0 Å². The largest absolute Gasteiger partial charge is 0.393 e. The Labute approximate surface area is 166 Å². The molecule has 2 aliphatic heterocycles. The summed E-state index contributed by atoms with van der Waals surface area (Å²) >= 11 is 10.4. The van der Waals surface area contributed by atoms with Gasteiger partial charge in [-0.05, 0) is 47.3 Å². The van der Waals surface area contributed by atoms with E-state index in [-0.39, 0.29) is 34.6 Å². The van der Waals surface area contributed by atoms with Gasteiger partial charge in [0.15, 0.2) is 0 Å². The molecule has 0 aliphatic carbocycles. The van der Waals surface area contributed by atoms with E-state index < -0.39 is 24.2 Å². The van der Waals surface area contributed by atoms with Gasteiger partial charge in [-0.25, -0.2) is 0 Å². The first-order chi connectivity index (χ1) is 12.0. The summed E-state index contributed by atoms with van der Waals surface area (Å²) in [5.41, 5.74) is 0. The van der Waals surface area contributed by atoms with E-state index in [1.54, 1.807) is 0 Å². The Hall–Kier alpha value is 0.0600. The van der Waals surface area contributed by atoms with Crippen LogP contribution in [0.5, 0.6) is 0 Å². The monoisotopic (exact) mass is 456 g/mol. The van der Waals surface area contributed by atoms with Gasteiger partial charge in [-0.15, -0.1) is 0 Å². The van der Waals surface area contributed by atoms with E-state index in [9.17, 15) is 26.3 Å². The lowest BCUT2D eigenvalue weighted by atomic mass is 9.98. The maximum Gasteiger partial charge on any atom is 0.393 e. The number of nitrogens with zero attached hydrogens (tertiary/aromatic N) is 2. The second kappa shape index (κ2) is 9.04. The van der Waals surface area contributed by atoms with Crippen LogP contribution < -0.4 is 0 Å². The van der Waals surface area contributed by atoms with Gasteiger partial charge in [0.25, 0.3) is 0 Å². The van der Waals surface area contributed by atoms with Gasteiger partial charge < -0.3 is 9.80 Å². The molecule has 0 saturated carbocycles. The van der Waals surface area contributed by atoms with Crippen LogP contribution in [0.15, 0.2) is 0 Å². The van der Waals surface area contributed by atoms with Crippen molar-refractivity contribution in [2.24, 2.45) is 11.8 Å². The molecule has 2 atom stereocenters. The minimum Gasteiger partial charge on any atom is -0.356 e. The summed E-state index contributed by atoms with van der Waals surface area (Å²) in [5.74, 6) is -2.80. The summed E-state index contributed by atoms with van der Waals surface area (Å²) in [5, 5.41) is 0. The summed E-state index contributed by atoms with van der Waals surface area (Å²) in [6.07, 6.45) is -7.51. The van der Waals surface area contributed by atoms with Crippen molar-refractivity contribution in [3.63, 3.8) is 0 Å². The summed E-state index contributed by atoms with van der Waals surface area (Å²) < 4.78 is 77.8. The van der Waals surface area contributed by atoms with Crippen LogP contribution in [0.4, 0.5) is 26.3 Å². The highest BCUT2D eigenvalue weighted by molar-refractivity contribution is 8.89. The molecular formula is C14H18F6N2S4. The summed E-state index contributed by atoms with van der Waals surface area (Å²) in [7, 11) is 2.10. The number of alkyl halides is 6. The van der Waals surface area contributed by atoms with Crippen molar-refractivity contribution in [2.75, 3.05) is 26.2 Å². The van der Waals surface area contributed by atoms with Gasteiger partial charge >= 0.3 is 12.4 Å². The topological polar surface area (TPSA) is 6.48 Å². The molecule has 2 fully saturated rings. The first-order valence-corrected chi connectivity index (χ1v) is 11.0. The minimum atomic E-state index is -4.25. The highest BCUT2D eigenvalue weighted by Crippen LogP contribution is 2.38. The Balaban J connectivity index is 1.82. The summed E-state index contributed by atoms with van der Waals surface area (Å²) in [6.45, 7) is 0.544. The lowest BCUT2D eigenvalue weighted by Gasteiger charge is -2.36. The van der Waals surface area contributed by atoms with E-state index in [0.29, 0.717) is 25.9 Å². The van der Waals surface area contributed by atoms with Gasteiger partial charge in [0, 0.05) is 26.2 Å². The van der Waals surface area contributed by atoms with Crippen LogP contribution in [-0.4, -0.2) is 57.0 Å². The third-order valence-electron chi connectivity index (χ3n) is 4.47. The molecule has 2 saturated heterocycles. The number of halogens is 6. The first-order valence-electron chi connectivity index (χ1n) is 8.04. The Morgan fingerprint density at radius 3 is 1.38 bits per heavy atom. The van der Waals surface area contributed by atoms with Crippen molar-refractivity contribution in [3.8, 4) is 0 Å². The molecule has 2 aliphatic rings. The van der Waals surface area contributed by atoms with Gasteiger partial charge in [-0.3, -0.25) is 0 Å². The van der Waals surface area contributed by atoms with Gasteiger partial charge in [-0.1, -0.05) is 24.4 Å². The van der Waals surface area contributed by atoms with Crippen LogP contribution >= 0.6 is 46.0 Å². The Bertz CT molecular complexity index is 479. The summed E-state index contributed by atoms with van der Waals surface area (Å²) in [6, 6.07) is 0. The zero-order valence-corrected chi connectivity index (χ0v) is 16.9.